The van der Waals surface area contributed by atoms with E-state index in [-0.39, 0.29) is 11.4 Å². The van der Waals surface area contributed by atoms with Crippen molar-refractivity contribution in [3.63, 3.8) is 0 Å². The van der Waals surface area contributed by atoms with Crippen LogP contribution < -0.4 is 4.90 Å². The Kier molecular flexibility index (Phi) is 3.02. The minimum Gasteiger partial charge on any atom is -0.503 e. The molecular weight excluding hydrogens is 310 g/mol. The number of amides is 1. The number of aliphatic hydroxyl groups excluding tert-OH is 1. The number of H-pyrrole nitrogens is 1. The quantitative estimate of drug-likeness (QED) is 0.772. The number of hydrogen-bond acceptors (Lipinski definition) is 5. The molecule has 0 aliphatic carbocycles. The number of furan rings is 1. The first-order valence-corrected chi connectivity index (χ1v) is 7.32. The Morgan fingerprint density at radius 2 is 2.21 bits per heavy atom. The van der Waals surface area contributed by atoms with Crippen molar-refractivity contribution in [1.29, 1.82) is 0 Å². The summed E-state index contributed by atoms with van der Waals surface area (Å²) < 4.78 is 5.41. The zero-order chi connectivity index (χ0) is 16.8. The summed E-state index contributed by atoms with van der Waals surface area (Å²) in [5, 5.41) is 10.2. The van der Waals surface area contributed by atoms with Gasteiger partial charge in [-0.15, -0.1) is 0 Å². The second-order valence-corrected chi connectivity index (χ2v) is 5.52. The van der Waals surface area contributed by atoms with Crippen LogP contribution in [0.25, 0.3) is 11.0 Å². The molecule has 0 saturated heterocycles. The molecule has 0 bridgehead atoms. The number of nitrogens with zero attached hydrogens (tertiary/aromatic N) is 2. The Morgan fingerprint density at radius 3 is 2.92 bits per heavy atom. The fourth-order valence-electron chi connectivity index (χ4n) is 3.02. The average molecular weight is 323 g/mol. The fraction of sp³-hybridized carbons (Fsp3) is 0.118. The van der Waals surface area contributed by atoms with E-state index in [4.69, 9.17) is 4.42 Å². The minimum absolute atomic E-state index is 0.0275. The number of ketones is 1. The van der Waals surface area contributed by atoms with Gasteiger partial charge < -0.3 is 14.5 Å². The predicted octanol–water partition coefficient (Wildman–Crippen LogP) is 2.64. The van der Waals surface area contributed by atoms with Crippen molar-refractivity contribution >= 4 is 28.4 Å². The first kappa shape index (κ1) is 14.3. The highest BCUT2D eigenvalue weighted by molar-refractivity contribution is 6.16. The number of carbonyl (C=O) groups excluding carboxylic acids is 2. The van der Waals surface area contributed by atoms with E-state index in [1.807, 2.05) is 0 Å². The maximum atomic E-state index is 12.6. The molecular formula is C17H13N3O4. The number of fused-ring (bicyclic) bond motifs is 1. The van der Waals surface area contributed by atoms with Crippen LogP contribution in [0.15, 0.2) is 58.7 Å². The van der Waals surface area contributed by atoms with Gasteiger partial charge >= 0.3 is 0 Å². The molecule has 3 heterocycles. The standard InChI is InChI=1S/C17H13N3O4/c1-9(21)14-15(13-3-2-6-24-13)20(17(23)16(14)22)10-4-5-11-12(7-10)19-8-18-11/h2-8,15,22H,1H3,(H,18,19). The van der Waals surface area contributed by atoms with Gasteiger partial charge in [0.25, 0.3) is 5.91 Å². The third-order valence-corrected chi connectivity index (χ3v) is 4.08. The number of rotatable bonds is 3. The SMILES string of the molecule is CC(=O)C1=C(O)C(=O)N(c2ccc3nc[nH]c3c2)C1c1ccco1. The number of aromatic nitrogens is 2. The van der Waals surface area contributed by atoms with Gasteiger partial charge in [-0.2, -0.15) is 0 Å². The van der Waals surface area contributed by atoms with Crippen molar-refractivity contribution in [3.8, 4) is 0 Å². The van der Waals surface area contributed by atoms with Crippen LogP contribution in [0, 0.1) is 0 Å². The summed E-state index contributed by atoms with van der Waals surface area (Å²) >= 11 is 0. The van der Waals surface area contributed by atoms with Crippen molar-refractivity contribution in [2.45, 2.75) is 13.0 Å². The summed E-state index contributed by atoms with van der Waals surface area (Å²) in [5.74, 6) is -1.16. The zero-order valence-electron chi connectivity index (χ0n) is 12.7. The molecule has 0 radical (unpaired) electrons. The number of aromatic amines is 1. The van der Waals surface area contributed by atoms with Gasteiger partial charge in [0.2, 0.25) is 0 Å². The lowest BCUT2D eigenvalue weighted by molar-refractivity contribution is -0.117. The van der Waals surface area contributed by atoms with E-state index in [1.165, 1.54) is 18.1 Å². The first-order chi connectivity index (χ1) is 11.6. The fourth-order valence-corrected chi connectivity index (χ4v) is 3.02. The van der Waals surface area contributed by atoms with Gasteiger partial charge in [0, 0.05) is 5.69 Å². The normalized spacial score (nSPS) is 18.0. The van der Waals surface area contributed by atoms with Crippen LogP contribution in [-0.2, 0) is 9.59 Å². The molecule has 2 N–H and O–H groups in total. The van der Waals surface area contributed by atoms with Gasteiger partial charge in [-0.05, 0) is 37.3 Å². The van der Waals surface area contributed by atoms with Crippen molar-refractivity contribution in [3.05, 3.63) is 60.0 Å². The van der Waals surface area contributed by atoms with Crippen molar-refractivity contribution in [2.24, 2.45) is 0 Å². The Bertz CT molecular complexity index is 984. The molecule has 7 nitrogen and oxygen atoms in total. The van der Waals surface area contributed by atoms with Gasteiger partial charge in [0.15, 0.2) is 11.5 Å². The topological polar surface area (TPSA) is 99.4 Å². The largest absolute Gasteiger partial charge is 0.503 e. The molecule has 0 spiro atoms. The third kappa shape index (κ3) is 1.95. The lowest BCUT2D eigenvalue weighted by atomic mass is 10.0. The third-order valence-electron chi connectivity index (χ3n) is 4.08. The summed E-state index contributed by atoms with van der Waals surface area (Å²) in [7, 11) is 0. The number of hydrogen-bond donors (Lipinski definition) is 2. The number of carbonyl (C=O) groups is 2. The highest BCUT2D eigenvalue weighted by Crippen LogP contribution is 2.41. The van der Waals surface area contributed by atoms with E-state index in [1.54, 1.807) is 36.7 Å². The molecule has 1 atom stereocenters. The highest BCUT2D eigenvalue weighted by Gasteiger charge is 2.44. The van der Waals surface area contributed by atoms with Gasteiger partial charge in [-0.3, -0.25) is 14.5 Å². The lowest BCUT2D eigenvalue weighted by Crippen LogP contribution is -2.30. The highest BCUT2D eigenvalue weighted by atomic mass is 16.3. The number of Topliss-reactive ketones (excluding diaryl/α,β-unsaturated/α-hetero) is 1. The number of nitrogens with one attached hydrogen (secondary N) is 1. The summed E-state index contributed by atoms with van der Waals surface area (Å²) in [6.45, 7) is 1.32. The lowest BCUT2D eigenvalue weighted by Gasteiger charge is -2.24. The van der Waals surface area contributed by atoms with Crippen LogP contribution in [-0.4, -0.2) is 26.8 Å². The van der Waals surface area contributed by atoms with E-state index in [0.717, 1.165) is 11.0 Å². The average Bonchev–Trinajstić information content (AvgIpc) is 3.27. The number of aliphatic hydroxyl groups is 1. The minimum atomic E-state index is -0.801. The molecule has 1 amide bonds. The molecule has 1 aliphatic heterocycles. The Labute approximate surface area is 136 Å². The molecule has 4 rings (SSSR count). The number of benzene rings is 1. The smallest absolute Gasteiger partial charge is 0.294 e. The molecule has 120 valence electrons. The second kappa shape index (κ2) is 5.09. The summed E-state index contributed by atoms with van der Waals surface area (Å²) in [6.07, 6.45) is 3.02. The van der Waals surface area contributed by atoms with Crippen LogP contribution in [0.4, 0.5) is 5.69 Å². The Hall–Kier alpha value is -3.35. The van der Waals surface area contributed by atoms with Crippen LogP contribution in [0.2, 0.25) is 0 Å². The molecule has 0 saturated carbocycles. The molecule has 0 fully saturated rings. The Balaban J connectivity index is 1.89. The van der Waals surface area contributed by atoms with Gasteiger partial charge in [-0.1, -0.05) is 0 Å². The Morgan fingerprint density at radius 1 is 1.38 bits per heavy atom. The molecule has 1 unspecified atom stereocenters. The van der Waals surface area contributed by atoms with E-state index < -0.39 is 17.7 Å². The van der Waals surface area contributed by atoms with E-state index in [0.29, 0.717) is 11.4 Å². The molecule has 7 heteroatoms. The van der Waals surface area contributed by atoms with Crippen LogP contribution in [0.1, 0.15) is 18.7 Å². The first-order valence-electron chi connectivity index (χ1n) is 7.32. The van der Waals surface area contributed by atoms with Crippen LogP contribution in [0.5, 0.6) is 0 Å². The van der Waals surface area contributed by atoms with Crippen LogP contribution >= 0.6 is 0 Å². The second-order valence-electron chi connectivity index (χ2n) is 5.52. The van der Waals surface area contributed by atoms with Crippen molar-refractivity contribution < 1.29 is 19.1 Å². The van der Waals surface area contributed by atoms with E-state index in [9.17, 15) is 14.7 Å². The van der Waals surface area contributed by atoms with Gasteiger partial charge in [0.05, 0.1) is 29.2 Å². The molecule has 1 aromatic carbocycles. The summed E-state index contributed by atoms with van der Waals surface area (Å²) in [4.78, 5) is 33.1. The van der Waals surface area contributed by atoms with Crippen molar-refractivity contribution in [1.82, 2.24) is 9.97 Å². The molecule has 1 aliphatic rings. The summed E-state index contributed by atoms with van der Waals surface area (Å²) in [5.41, 5.74) is 2.05. The van der Waals surface area contributed by atoms with Gasteiger partial charge in [-0.25, -0.2) is 4.98 Å². The molecule has 24 heavy (non-hydrogen) atoms. The van der Waals surface area contributed by atoms with Gasteiger partial charge in [0.1, 0.15) is 11.8 Å². The van der Waals surface area contributed by atoms with E-state index >= 15 is 0 Å². The predicted molar refractivity (Wildman–Crippen MR) is 85.4 cm³/mol. The number of imidazole rings is 1. The number of anilines is 1. The maximum absolute atomic E-state index is 12.6. The van der Waals surface area contributed by atoms with Crippen molar-refractivity contribution in [2.75, 3.05) is 4.90 Å². The molecule has 2 aromatic heterocycles. The van der Waals surface area contributed by atoms with Crippen LogP contribution in [0.3, 0.4) is 0 Å². The summed E-state index contributed by atoms with van der Waals surface area (Å²) in [6, 6.07) is 7.76. The zero-order valence-corrected chi connectivity index (χ0v) is 12.7. The van der Waals surface area contributed by atoms with E-state index in [2.05, 4.69) is 9.97 Å². The monoisotopic (exact) mass is 323 g/mol. The maximum Gasteiger partial charge on any atom is 0.294 e. The molecule has 3 aromatic rings.